The predicted octanol–water partition coefficient (Wildman–Crippen LogP) is 4.11. The number of alkyl halides is 3. The van der Waals surface area contributed by atoms with Gasteiger partial charge in [-0.15, -0.1) is 6.58 Å². The molecule has 0 radical (unpaired) electrons. The Morgan fingerprint density at radius 1 is 0.962 bits per heavy atom. The van der Waals surface area contributed by atoms with E-state index in [0.717, 1.165) is 0 Å². The predicted molar refractivity (Wildman–Crippen MR) is 92.7 cm³/mol. The van der Waals surface area contributed by atoms with Gasteiger partial charge in [-0.2, -0.15) is 13.2 Å². The molecule has 136 valence electrons. The van der Waals surface area contributed by atoms with Crippen LogP contribution < -0.4 is 5.32 Å². The maximum atomic E-state index is 13.3. The Labute approximate surface area is 149 Å². The SMILES string of the molecule is C=CC[C@](Cc1ccccc1)(NC(=O)c1ccccc1)C(=O)C(F)(F)F. The quantitative estimate of drug-likeness (QED) is 0.755. The summed E-state index contributed by atoms with van der Waals surface area (Å²) in [6, 6.07) is 16.0. The van der Waals surface area contributed by atoms with Gasteiger partial charge in [0.1, 0.15) is 5.54 Å². The molecule has 0 aliphatic rings. The summed E-state index contributed by atoms with van der Waals surface area (Å²) in [6.07, 6.45) is -4.53. The zero-order valence-electron chi connectivity index (χ0n) is 13.9. The molecule has 2 rings (SSSR count). The lowest BCUT2D eigenvalue weighted by atomic mass is 9.82. The number of hydrogen-bond donors (Lipinski definition) is 1. The molecule has 3 nitrogen and oxygen atoms in total. The minimum atomic E-state index is -5.10. The van der Waals surface area contributed by atoms with Crippen LogP contribution in [0.3, 0.4) is 0 Å². The lowest BCUT2D eigenvalue weighted by Gasteiger charge is -2.33. The molecule has 0 heterocycles. The number of carbonyl (C=O) groups excluding carboxylic acids is 2. The Hall–Kier alpha value is -2.89. The van der Waals surface area contributed by atoms with E-state index >= 15 is 0 Å². The molecule has 26 heavy (non-hydrogen) atoms. The second kappa shape index (κ2) is 7.99. The monoisotopic (exact) mass is 361 g/mol. The van der Waals surface area contributed by atoms with Gasteiger partial charge in [-0.3, -0.25) is 9.59 Å². The molecule has 2 aromatic rings. The number of benzene rings is 2. The molecular formula is C20H18F3NO2. The molecule has 1 atom stereocenters. The van der Waals surface area contributed by atoms with E-state index in [9.17, 15) is 22.8 Å². The number of nitrogens with one attached hydrogen (secondary N) is 1. The van der Waals surface area contributed by atoms with Crippen molar-refractivity contribution in [2.45, 2.75) is 24.6 Å². The van der Waals surface area contributed by atoms with E-state index in [1.54, 1.807) is 48.5 Å². The second-order valence-corrected chi connectivity index (χ2v) is 5.88. The maximum Gasteiger partial charge on any atom is 0.452 e. The molecule has 0 aliphatic heterocycles. The molecular weight excluding hydrogens is 343 g/mol. The number of rotatable bonds is 7. The summed E-state index contributed by atoms with van der Waals surface area (Å²) in [5, 5.41) is 2.32. The van der Waals surface area contributed by atoms with Crippen molar-refractivity contribution in [3.05, 3.63) is 84.4 Å². The van der Waals surface area contributed by atoms with E-state index in [1.165, 1.54) is 18.2 Å². The number of amides is 1. The number of Topliss-reactive ketones (excluding diaryl/α,β-unsaturated/α-hetero) is 1. The van der Waals surface area contributed by atoms with E-state index < -0.39 is 23.4 Å². The molecule has 0 saturated carbocycles. The zero-order valence-corrected chi connectivity index (χ0v) is 13.9. The lowest BCUT2D eigenvalue weighted by molar-refractivity contribution is -0.178. The van der Waals surface area contributed by atoms with Gasteiger partial charge in [0, 0.05) is 12.0 Å². The molecule has 2 aromatic carbocycles. The van der Waals surface area contributed by atoms with Gasteiger partial charge in [-0.25, -0.2) is 0 Å². The third-order valence-electron chi connectivity index (χ3n) is 3.92. The van der Waals surface area contributed by atoms with Gasteiger partial charge in [-0.1, -0.05) is 54.6 Å². The normalized spacial score (nSPS) is 13.5. The van der Waals surface area contributed by atoms with Gasteiger partial charge >= 0.3 is 6.18 Å². The van der Waals surface area contributed by atoms with E-state index in [1.807, 2.05) is 0 Å². The van der Waals surface area contributed by atoms with Crippen LogP contribution >= 0.6 is 0 Å². The first-order chi connectivity index (χ1) is 12.3. The molecule has 1 amide bonds. The van der Waals surface area contributed by atoms with Gasteiger partial charge in [0.2, 0.25) is 0 Å². The van der Waals surface area contributed by atoms with Crippen molar-refractivity contribution < 1.29 is 22.8 Å². The highest BCUT2D eigenvalue weighted by Crippen LogP contribution is 2.30. The van der Waals surface area contributed by atoms with Crippen LogP contribution in [-0.4, -0.2) is 23.4 Å². The van der Waals surface area contributed by atoms with Gasteiger partial charge in [0.05, 0.1) is 0 Å². The van der Waals surface area contributed by atoms with Crippen LogP contribution in [0.25, 0.3) is 0 Å². The highest BCUT2D eigenvalue weighted by molar-refractivity contribution is 6.01. The summed E-state index contributed by atoms with van der Waals surface area (Å²) in [6.45, 7) is 3.46. The van der Waals surface area contributed by atoms with Gasteiger partial charge in [0.25, 0.3) is 11.7 Å². The summed E-state index contributed by atoms with van der Waals surface area (Å²) in [7, 11) is 0. The van der Waals surface area contributed by atoms with Crippen LogP contribution in [-0.2, 0) is 11.2 Å². The van der Waals surface area contributed by atoms with E-state index in [4.69, 9.17) is 0 Å². The van der Waals surface area contributed by atoms with Gasteiger partial charge < -0.3 is 5.32 Å². The average molecular weight is 361 g/mol. The molecule has 1 N–H and O–H groups in total. The minimum Gasteiger partial charge on any atom is -0.338 e. The molecule has 0 spiro atoms. The summed E-state index contributed by atoms with van der Waals surface area (Å²) in [5.41, 5.74) is -1.49. The molecule has 6 heteroatoms. The first-order valence-corrected chi connectivity index (χ1v) is 7.92. The molecule has 0 bridgehead atoms. The number of carbonyl (C=O) groups is 2. The van der Waals surface area contributed by atoms with Crippen molar-refractivity contribution >= 4 is 11.7 Å². The van der Waals surface area contributed by atoms with Gasteiger partial charge in [-0.05, 0) is 24.1 Å². The summed E-state index contributed by atoms with van der Waals surface area (Å²) >= 11 is 0. The topological polar surface area (TPSA) is 46.2 Å². The van der Waals surface area contributed by atoms with E-state index in [-0.39, 0.29) is 18.4 Å². The Morgan fingerprint density at radius 3 is 2.00 bits per heavy atom. The van der Waals surface area contributed by atoms with E-state index in [2.05, 4.69) is 11.9 Å². The summed E-state index contributed by atoms with van der Waals surface area (Å²) in [4.78, 5) is 24.8. The van der Waals surface area contributed by atoms with Crippen molar-refractivity contribution in [1.82, 2.24) is 5.32 Å². The number of halogens is 3. The molecule has 0 aliphatic carbocycles. The molecule has 0 unspecified atom stereocenters. The average Bonchev–Trinajstić information content (AvgIpc) is 2.62. The molecule has 0 fully saturated rings. The fourth-order valence-corrected chi connectivity index (χ4v) is 2.74. The first kappa shape index (κ1) is 19.4. The van der Waals surface area contributed by atoms with Crippen LogP contribution in [0.1, 0.15) is 22.3 Å². The molecule has 0 aromatic heterocycles. The van der Waals surface area contributed by atoms with Crippen LogP contribution in [0, 0.1) is 0 Å². The Morgan fingerprint density at radius 2 is 1.50 bits per heavy atom. The largest absolute Gasteiger partial charge is 0.452 e. The van der Waals surface area contributed by atoms with Crippen molar-refractivity contribution in [3.8, 4) is 0 Å². The minimum absolute atomic E-state index is 0.170. The van der Waals surface area contributed by atoms with Crippen molar-refractivity contribution in [3.63, 3.8) is 0 Å². The van der Waals surface area contributed by atoms with Crippen molar-refractivity contribution in [2.24, 2.45) is 0 Å². The standard InChI is InChI=1S/C20H18F3NO2/c1-2-13-19(18(26)20(21,22)23,14-15-9-5-3-6-10-15)24-17(25)16-11-7-4-8-12-16/h2-12H,1,13-14H2,(H,24,25)/t19-/m1/s1. The van der Waals surface area contributed by atoms with Crippen LogP contribution in [0.5, 0.6) is 0 Å². The Bertz CT molecular complexity index is 773. The van der Waals surface area contributed by atoms with Crippen LogP contribution in [0.2, 0.25) is 0 Å². The zero-order chi connectivity index (χ0) is 19.2. The highest BCUT2D eigenvalue weighted by atomic mass is 19.4. The lowest BCUT2D eigenvalue weighted by Crippen LogP contribution is -2.60. The van der Waals surface area contributed by atoms with E-state index in [0.29, 0.717) is 5.56 Å². The smallest absolute Gasteiger partial charge is 0.338 e. The number of ketones is 1. The fraction of sp³-hybridized carbons (Fsp3) is 0.200. The summed E-state index contributed by atoms with van der Waals surface area (Å²) in [5.74, 6) is -2.75. The van der Waals surface area contributed by atoms with Crippen LogP contribution in [0.4, 0.5) is 13.2 Å². The summed E-state index contributed by atoms with van der Waals surface area (Å²) < 4.78 is 39.9. The highest BCUT2D eigenvalue weighted by Gasteiger charge is 2.53. The third-order valence-corrected chi connectivity index (χ3v) is 3.92. The van der Waals surface area contributed by atoms with Crippen molar-refractivity contribution in [2.75, 3.05) is 0 Å². The first-order valence-electron chi connectivity index (χ1n) is 7.92. The Kier molecular flexibility index (Phi) is 5.97. The van der Waals surface area contributed by atoms with Gasteiger partial charge in [0.15, 0.2) is 0 Å². The molecule has 0 saturated heterocycles. The van der Waals surface area contributed by atoms with Crippen molar-refractivity contribution in [1.29, 1.82) is 0 Å². The van der Waals surface area contributed by atoms with Crippen LogP contribution in [0.15, 0.2) is 73.3 Å². The third kappa shape index (κ3) is 4.59. The fourth-order valence-electron chi connectivity index (χ4n) is 2.74. The number of hydrogen-bond acceptors (Lipinski definition) is 2. The second-order valence-electron chi connectivity index (χ2n) is 5.88. The Balaban J connectivity index is 2.45. The maximum absolute atomic E-state index is 13.3.